The zero-order valence-corrected chi connectivity index (χ0v) is 16.7. The summed E-state index contributed by atoms with van der Waals surface area (Å²) in [6, 6.07) is 19.8. The molecule has 0 aliphatic rings. The van der Waals surface area contributed by atoms with Crippen molar-refractivity contribution in [3.05, 3.63) is 94.9 Å². The molecule has 3 rings (SSSR count). The lowest BCUT2D eigenvalue weighted by molar-refractivity contribution is 0.0910. The number of hydrogen-bond acceptors (Lipinski definition) is 4. The van der Waals surface area contributed by atoms with E-state index in [0.717, 1.165) is 16.7 Å². The molecule has 1 heterocycles. The molecule has 0 saturated heterocycles. The number of nitrogens with one attached hydrogen (secondary N) is 1. The van der Waals surface area contributed by atoms with Crippen molar-refractivity contribution in [2.24, 2.45) is 0 Å². The summed E-state index contributed by atoms with van der Waals surface area (Å²) in [5, 5.41) is 2.85. The van der Waals surface area contributed by atoms with Crippen molar-refractivity contribution < 1.29 is 17.6 Å². The number of rotatable bonds is 7. The zero-order chi connectivity index (χ0) is 20.1. The van der Waals surface area contributed by atoms with E-state index in [1.165, 1.54) is 12.1 Å². The maximum absolute atomic E-state index is 12.4. The molecule has 3 aromatic rings. The normalized spacial score (nSPS) is 12.5. The number of carbonyl (C=O) groups excluding carboxylic acids is 1. The third kappa shape index (κ3) is 5.33. The first-order valence-corrected chi connectivity index (χ1v) is 10.8. The molecule has 1 N–H and O–H groups in total. The summed E-state index contributed by atoms with van der Waals surface area (Å²) in [4.78, 5) is 12.4. The molecular weight excluding hydrogens is 374 g/mol. The van der Waals surface area contributed by atoms with Crippen molar-refractivity contribution in [3.63, 3.8) is 0 Å². The lowest BCUT2D eigenvalue weighted by Gasteiger charge is -2.13. The van der Waals surface area contributed by atoms with Crippen LogP contribution in [0, 0.1) is 6.92 Å². The molecule has 1 amide bonds. The van der Waals surface area contributed by atoms with E-state index in [9.17, 15) is 13.2 Å². The predicted molar refractivity (Wildman–Crippen MR) is 109 cm³/mol. The molecule has 2 aromatic carbocycles. The first-order valence-electron chi connectivity index (χ1n) is 9.03. The van der Waals surface area contributed by atoms with Gasteiger partial charge in [-0.3, -0.25) is 4.79 Å². The molecule has 0 fully saturated rings. The van der Waals surface area contributed by atoms with E-state index in [1.807, 2.05) is 56.3 Å². The fourth-order valence-electron chi connectivity index (χ4n) is 2.88. The van der Waals surface area contributed by atoms with Crippen LogP contribution in [-0.2, 0) is 21.3 Å². The average Bonchev–Trinajstić information content (AvgIpc) is 3.12. The molecular formula is C22H23NO4S. The molecule has 0 aliphatic heterocycles. The molecule has 5 nitrogen and oxygen atoms in total. The summed E-state index contributed by atoms with van der Waals surface area (Å²) >= 11 is 0. The molecule has 6 heteroatoms. The van der Waals surface area contributed by atoms with E-state index < -0.39 is 9.84 Å². The van der Waals surface area contributed by atoms with E-state index in [1.54, 1.807) is 12.1 Å². The average molecular weight is 397 g/mol. The molecule has 0 unspecified atom stereocenters. The number of amides is 1. The van der Waals surface area contributed by atoms with Gasteiger partial charge in [0.2, 0.25) is 0 Å². The Bertz CT molecular complexity index is 1040. The first kappa shape index (κ1) is 19.9. The van der Waals surface area contributed by atoms with Crippen molar-refractivity contribution in [2.45, 2.75) is 31.4 Å². The first-order chi connectivity index (χ1) is 13.3. The van der Waals surface area contributed by atoms with Gasteiger partial charge in [0.1, 0.15) is 11.5 Å². The van der Waals surface area contributed by atoms with Crippen molar-refractivity contribution in [1.29, 1.82) is 0 Å². The Labute approximate surface area is 165 Å². The van der Waals surface area contributed by atoms with Gasteiger partial charge >= 0.3 is 0 Å². The summed E-state index contributed by atoms with van der Waals surface area (Å²) in [6.45, 7) is 3.83. The number of aryl methyl sites for hydroxylation is 1. The van der Waals surface area contributed by atoms with E-state index in [2.05, 4.69) is 5.32 Å². The molecule has 0 bridgehead atoms. The van der Waals surface area contributed by atoms with Crippen molar-refractivity contribution in [1.82, 2.24) is 5.32 Å². The van der Waals surface area contributed by atoms with Crippen LogP contribution in [-0.4, -0.2) is 14.3 Å². The highest BCUT2D eigenvalue weighted by atomic mass is 32.2. The number of carbonyl (C=O) groups is 1. The van der Waals surface area contributed by atoms with Gasteiger partial charge in [0.25, 0.3) is 5.91 Å². The Hall–Kier alpha value is -2.86. The van der Waals surface area contributed by atoms with E-state index >= 15 is 0 Å². The third-order valence-corrected chi connectivity index (χ3v) is 5.90. The van der Waals surface area contributed by atoms with Crippen LogP contribution >= 0.6 is 0 Å². The fourth-order valence-corrected chi connectivity index (χ4v) is 4.27. The van der Waals surface area contributed by atoms with Gasteiger partial charge in [0.05, 0.1) is 11.8 Å². The highest BCUT2D eigenvalue weighted by Crippen LogP contribution is 2.17. The van der Waals surface area contributed by atoms with Crippen LogP contribution in [0.2, 0.25) is 0 Å². The topological polar surface area (TPSA) is 76.4 Å². The fraction of sp³-hybridized carbons (Fsp3) is 0.227. The minimum atomic E-state index is -3.40. The maximum atomic E-state index is 12.4. The van der Waals surface area contributed by atoms with Gasteiger partial charge in [-0.25, -0.2) is 8.42 Å². The lowest BCUT2D eigenvalue weighted by Crippen LogP contribution is -2.26. The number of furan rings is 1. The van der Waals surface area contributed by atoms with Crippen LogP contribution in [0.1, 0.15) is 46.0 Å². The lowest BCUT2D eigenvalue weighted by atomic mass is 10.1. The van der Waals surface area contributed by atoms with Crippen LogP contribution in [0.3, 0.4) is 0 Å². The van der Waals surface area contributed by atoms with Crippen LogP contribution in [0.4, 0.5) is 0 Å². The quantitative estimate of drug-likeness (QED) is 0.648. The van der Waals surface area contributed by atoms with Gasteiger partial charge in [0, 0.05) is 0 Å². The molecule has 0 saturated carbocycles. The highest BCUT2D eigenvalue weighted by molar-refractivity contribution is 7.89. The van der Waals surface area contributed by atoms with Crippen LogP contribution in [0.25, 0.3) is 0 Å². The van der Waals surface area contributed by atoms with Gasteiger partial charge in [-0.15, -0.1) is 0 Å². The summed E-state index contributed by atoms with van der Waals surface area (Å²) in [6.07, 6.45) is 0. The molecule has 1 atom stereocenters. The van der Waals surface area contributed by atoms with Gasteiger partial charge < -0.3 is 9.73 Å². The van der Waals surface area contributed by atoms with E-state index in [-0.39, 0.29) is 35.0 Å². The maximum Gasteiger partial charge on any atom is 0.287 e. The summed E-state index contributed by atoms with van der Waals surface area (Å²) in [7, 11) is -3.40. The number of sulfone groups is 1. The Morgan fingerprint density at radius 3 is 2.32 bits per heavy atom. The zero-order valence-electron chi connectivity index (χ0n) is 15.9. The van der Waals surface area contributed by atoms with E-state index in [4.69, 9.17) is 4.42 Å². The minimum Gasteiger partial charge on any atom is -0.455 e. The molecule has 0 spiro atoms. The second-order valence-electron chi connectivity index (χ2n) is 6.89. The van der Waals surface area contributed by atoms with Crippen molar-refractivity contribution >= 4 is 15.7 Å². The SMILES string of the molecule is Cc1ccc(CS(=O)(=O)Cc2ccc(C(=O)N[C@@H](C)c3ccccc3)o2)cc1. The molecule has 28 heavy (non-hydrogen) atoms. The Morgan fingerprint density at radius 1 is 0.964 bits per heavy atom. The standard InChI is InChI=1S/C22H23NO4S/c1-16-8-10-18(11-9-16)14-28(25,26)15-20-12-13-21(27-20)22(24)23-17(2)19-6-4-3-5-7-19/h3-13,17H,14-15H2,1-2H3,(H,23,24)/t17-/m0/s1. The number of benzene rings is 2. The van der Waals surface area contributed by atoms with Gasteiger partial charge in [-0.2, -0.15) is 0 Å². The van der Waals surface area contributed by atoms with E-state index in [0.29, 0.717) is 0 Å². The largest absolute Gasteiger partial charge is 0.455 e. The second-order valence-corrected chi connectivity index (χ2v) is 8.95. The molecule has 0 aliphatic carbocycles. The smallest absolute Gasteiger partial charge is 0.287 e. The Kier molecular flexibility index (Phi) is 5.99. The van der Waals surface area contributed by atoms with Gasteiger partial charge in [-0.1, -0.05) is 60.2 Å². The Morgan fingerprint density at radius 2 is 1.64 bits per heavy atom. The van der Waals surface area contributed by atoms with Crippen molar-refractivity contribution in [3.8, 4) is 0 Å². The van der Waals surface area contributed by atoms with Gasteiger partial charge in [-0.05, 0) is 37.1 Å². The monoisotopic (exact) mass is 397 g/mol. The molecule has 1 aromatic heterocycles. The summed E-state index contributed by atoms with van der Waals surface area (Å²) < 4.78 is 30.4. The minimum absolute atomic E-state index is 0.0689. The van der Waals surface area contributed by atoms with Crippen LogP contribution < -0.4 is 5.32 Å². The Balaban J connectivity index is 1.63. The summed E-state index contributed by atoms with van der Waals surface area (Å²) in [5.74, 6) is -0.338. The highest BCUT2D eigenvalue weighted by Gasteiger charge is 2.19. The molecule has 0 radical (unpaired) electrons. The van der Waals surface area contributed by atoms with Crippen molar-refractivity contribution in [2.75, 3.05) is 0 Å². The molecule has 146 valence electrons. The predicted octanol–water partition coefficient (Wildman–Crippen LogP) is 4.19. The van der Waals surface area contributed by atoms with Crippen LogP contribution in [0.5, 0.6) is 0 Å². The van der Waals surface area contributed by atoms with Gasteiger partial charge in [0.15, 0.2) is 15.6 Å². The number of hydrogen-bond donors (Lipinski definition) is 1. The third-order valence-electron chi connectivity index (χ3n) is 4.40. The summed E-state index contributed by atoms with van der Waals surface area (Å²) in [5.41, 5.74) is 2.78. The second kappa shape index (κ2) is 8.44. The van der Waals surface area contributed by atoms with Crippen LogP contribution in [0.15, 0.2) is 71.1 Å².